The Kier molecular flexibility index (Phi) is 3.90. The van der Waals surface area contributed by atoms with Crippen molar-refractivity contribution in [2.45, 2.75) is 39.2 Å². The third-order valence-electron chi connectivity index (χ3n) is 3.82. The van der Waals surface area contributed by atoms with E-state index in [0.29, 0.717) is 0 Å². The standard InChI is InChI=1S/C15H20BrNO2/c1-10-4-5-13(12(16)6-10)17-9-11(7-14(18)19)8-15(17,2)3/h4-6,11H,7-9H2,1-3H3,(H,18,19). The molecule has 0 amide bonds. The van der Waals surface area contributed by atoms with Gasteiger partial charge in [0.15, 0.2) is 0 Å². The lowest BCUT2D eigenvalue weighted by Crippen LogP contribution is -2.38. The highest BCUT2D eigenvalue weighted by molar-refractivity contribution is 9.10. The SMILES string of the molecule is Cc1ccc(N2CC(CC(=O)O)CC2(C)C)c(Br)c1. The first kappa shape index (κ1) is 14.4. The Morgan fingerprint density at radius 3 is 2.79 bits per heavy atom. The molecule has 0 radical (unpaired) electrons. The molecule has 1 heterocycles. The van der Waals surface area contributed by atoms with Gasteiger partial charge in [0.1, 0.15) is 0 Å². The van der Waals surface area contributed by atoms with Crippen LogP contribution in [0, 0.1) is 12.8 Å². The second-order valence-electron chi connectivity index (χ2n) is 6.05. The highest BCUT2D eigenvalue weighted by atomic mass is 79.9. The number of hydrogen-bond donors (Lipinski definition) is 1. The highest BCUT2D eigenvalue weighted by Crippen LogP contribution is 2.41. The smallest absolute Gasteiger partial charge is 0.303 e. The summed E-state index contributed by atoms with van der Waals surface area (Å²) in [5.41, 5.74) is 2.37. The quantitative estimate of drug-likeness (QED) is 0.917. The molecule has 1 saturated heterocycles. The Bertz CT molecular complexity index is 499. The molecule has 3 nitrogen and oxygen atoms in total. The van der Waals surface area contributed by atoms with Crippen molar-refractivity contribution in [3.05, 3.63) is 28.2 Å². The summed E-state index contributed by atoms with van der Waals surface area (Å²) in [5.74, 6) is -0.480. The largest absolute Gasteiger partial charge is 0.481 e. The number of nitrogens with zero attached hydrogens (tertiary/aromatic N) is 1. The van der Waals surface area contributed by atoms with Gasteiger partial charge < -0.3 is 10.0 Å². The normalized spacial score (nSPS) is 21.7. The zero-order chi connectivity index (χ0) is 14.2. The lowest BCUT2D eigenvalue weighted by atomic mass is 9.94. The molecule has 4 heteroatoms. The first-order valence-electron chi connectivity index (χ1n) is 6.55. The zero-order valence-corrected chi connectivity index (χ0v) is 13.2. The van der Waals surface area contributed by atoms with E-state index < -0.39 is 5.97 Å². The van der Waals surface area contributed by atoms with Gasteiger partial charge in [-0.3, -0.25) is 4.79 Å². The van der Waals surface area contributed by atoms with Crippen LogP contribution in [0.2, 0.25) is 0 Å². The molecule has 0 spiro atoms. The van der Waals surface area contributed by atoms with Crippen LogP contribution in [-0.2, 0) is 4.79 Å². The van der Waals surface area contributed by atoms with Gasteiger partial charge in [-0.2, -0.15) is 0 Å². The van der Waals surface area contributed by atoms with Gasteiger partial charge in [-0.05, 0) is 66.7 Å². The van der Waals surface area contributed by atoms with Crippen LogP contribution in [0.4, 0.5) is 5.69 Å². The van der Waals surface area contributed by atoms with Gasteiger partial charge in [0.05, 0.1) is 5.69 Å². The van der Waals surface area contributed by atoms with Crippen LogP contribution in [0.15, 0.2) is 22.7 Å². The van der Waals surface area contributed by atoms with Crippen LogP contribution >= 0.6 is 15.9 Å². The predicted molar refractivity (Wildman–Crippen MR) is 80.7 cm³/mol. The molecule has 1 unspecified atom stereocenters. The summed E-state index contributed by atoms with van der Waals surface area (Å²) in [6.07, 6.45) is 1.17. The van der Waals surface area contributed by atoms with Crippen molar-refractivity contribution in [3.8, 4) is 0 Å². The van der Waals surface area contributed by atoms with Crippen LogP contribution in [0.3, 0.4) is 0 Å². The van der Waals surface area contributed by atoms with Gasteiger partial charge in [0.2, 0.25) is 0 Å². The number of anilines is 1. The van der Waals surface area contributed by atoms with E-state index in [1.807, 2.05) is 0 Å². The fourth-order valence-electron chi connectivity index (χ4n) is 3.03. The zero-order valence-electron chi connectivity index (χ0n) is 11.6. The molecular weight excluding hydrogens is 306 g/mol. The number of halogens is 1. The summed E-state index contributed by atoms with van der Waals surface area (Å²) in [7, 11) is 0. The van der Waals surface area contributed by atoms with Gasteiger partial charge in [-0.15, -0.1) is 0 Å². The minimum absolute atomic E-state index is 0.00209. The number of hydrogen-bond acceptors (Lipinski definition) is 2. The number of carboxylic acid groups (broad SMARTS) is 1. The van der Waals surface area contributed by atoms with Crippen molar-refractivity contribution in [1.29, 1.82) is 0 Å². The summed E-state index contributed by atoms with van der Waals surface area (Å²) in [6.45, 7) is 7.24. The Hall–Kier alpha value is -1.03. The molecule has 1 aromatic carbocycles. The molecule has 1 atom stereocenters. The Balaban J connectivity index is 2.26. The Labute approximate surface area is 122 Å². The lowest BCUT2D eigenvalue weighted by molar-refractivity contribution is -0.137. The highest BCUT2D eigenvalue weighted by Gasteiger charge is 2.39. The van der Waals surface area contributed by atoms with Gasteiger partial charge >= 0.3 is 5.97 Å². The molecule has 1 aromatic rings. The minimum atomic E-state index is -0.703. The maximum atomic E-state index is 10.9. The van der Waals surface area contributed by atoms with E-state index in [1.54, 1.807) is 0 Å². The first-order valence-corrected chi connectivity index (χ1v) is 7.34. The summed E-state index contributed by atoms with van der Waals surface area (Å²) in [6, 6.07) is 6.32. The molecule has 0 aliphatic carbocycles. The predicted octanol–water partition coefficient (Wildman–Crippen LogP) is 3.84. The average molecular weight is 326 g/mol. The summed E-state index contributed by atoms with van der Waals surface area (Å²) in [4.78, 5) is 13.2. The monoisotopic (exact) mass is 325 g/mol. The van der Waals surface area contributed by atoms with E-state index in [2.05, 4.69) is 59.8 Å². The molecule has 104 valence electrons. The van der Waals surface area contributed by atoms with Crippen molar-refractivity contribution >= 4 is 27.6 Å². The average Bonchev–Trinajstić information content (AvgIpc) is 2.52. The summed E-state index contributed by atoms with van der Waals surface area (Å²) in [5, 5.41) is 8.96. The van der Waals surface area contributed by atoms with Crippen molar-refractivity contribution in [1.82, 2.24) is 0 Å². The van der Waals surface area contributed by atoms with Crippen molar-refractivity contribution in [2.24, 2.45) is 5.92 Å². The van der Waals surface area contributed by atoms with Crippen LogP contribution in [0.25, 0.3) is 0 Å². The second kappa shape index (κ2) is 5.16. The van der Waals surface area contributed by atoms with Crippen LogP contribution < -0.4 is 4.90 Å². The molecule has 1 fully saturated rings. The number of benzene rings is 1. The summed E-state index contributed by atoms with van der Waals surface area (Å²) < 4.78 is 1.08. The third-order valence-corrected chi connectivity index (χ3v) is 4.45. The fraction of sp³-hybridized carbons (Fsp3) is 0.533. The third kappa shape index (κ3) is 3.11. The molecule has 1 aliphatic heterocycles. The van der Waals surface area contributed by atoms with E-state index in [-0.39, 0.29) is 17.9 Å². The number of carbonyl (C=O) groups is 1. The number of carboxylic acids is 1. The molecule has 0 saturated carbocycles. The van der Waals surface area contributed by atoms with Crippen molar-refractivity contribution in [2.75, 3.05) is 11.4 Å². The Morgan fingerprint density at radius 1 is 1.53 bits per heavy atom. The number of aliphatic carboxylic acids is 1. The Morgan fingerprint density at radius 2 is 2.21 bits per heavy atom. The van der Waals surface area contributed by atoms with Gasteiger partial charge in [-0.1, -0.05) is 6.07 Å². The van der Waals surface area contributed by atoms with E-state index in [9.17, 15) is 4.79 Å². The molecule has 19 heavy (non-hydrogen) atoms. The van der Waals surface area contributed by atoms with E-state index in [4.69, 9.17) is 5.11 Å². The minimum Gasteiger partial charge on any atom is -0.481 e. The van der Waals surface area contributed by atoms with Gasteiger partial charge in [0.25, 0.3) is 0 Å². The van der Waals surface area contributed by atoms with E-state index in [0.717, 1.165) is 23.1 Å². The summed E-state index contributed by atoms with van der Waals surface area (Å²) >= 11 is 3.62. The lowest BCUT2D eigenvalue weighted by Gasteiger charge is -2.34. The topological polar surface area (TPSA) is 40.5 Å². The molecule has 0 aromatic heterocycles. The van der Waals surface area contributed by atoms with E-state index in [1.165, 1.54) is 5.56 Å². The van der Waals surface area contributed by atoms with E-state index >= 15 is 0 Å². The van der Waals surface area contributed by atoms with Crippen molar-refractivity contribution in [3.63, 3.8) is 0 Å². The van der Waals surface area contributed by atoms with Crippen LogP contribution in [-0.4, -0.2) is 23.2 Å². The fourth-order valence-corrected chi connectivity index (χ4v) is 3.73. The van der Waals surface area contributed by atoms with Crippen LogP contribution in [0.5, 0.6) is 0 Å². The number of aryl methyl sites for hydroxylation is 1. The van der Waals surface area contributed by atoms with Crippen molar-refractivity contribution < 1.29 is 9.90 Å². The van der Waals surface area contributed by atoms with Gasteiger partial charge in [0, 0.05) is 23.0 Å². The molecule has 2 rings (SSSR count). The maximum absolute atomic E-state index is 10.9. The molecule has 1 N–H and O–H groups in total. The van der Waals surface area contributed by atoms with Gasteiger partial charge in [-0.25, -0.2) is 0 Å². The molecule has 1 aliphatic rings. The maximum Gasteiger partial charge on any atom is 0.303 e. The van der Waals surface area contributed by atoms with Crippen LogP contribution in [0.1, 0.15) is 32.3 Å². The second-order valence-corrected chi connectivity index (χ2v) is 6.90. The molecular formula is C15H20BrNO2. The molecule has 0 bridgehead atoms. The number of rotatable bonds is 3. The first-order chi connectivity index (χ1) is 8.79.